The lowest BCUT2D eigenvalue weighted by atomic mass is 9.97. The van der Waals surface area contributed by atoms with E-state index in [2.05, 4.69) is 11.9 Å². The largest absolute Gasteiger partial charge is 0.346 e. The van der Waals surface area contributed by atoms with E-state index >= 15 is 0 Å². The van der Waals surface area contributed by atoms with Crippen LogP contribution in [0.15, 0.2) is 91.8 Å². The second kappa shape index (κ2) is 14.1. The highest BCUT2D eigenvalue weighted by Gasteiger charge is 2.25. The molecule has 1 saturated carbocycles. The monoisotopic (exact) mass is 501 g/mol. The Morgan fingerprint density at radius 1 is 1.11 bits per heavy atom. The number of aldehydes is 1. The van der Waals surface area contributed by atoms with Gasteiger partial charge in [-0.15, -0.1) is 0 Å². The quantitative estimate of drug-likeness (QED) is 0.314. The van der Waals surface area contributed by atoms with Crippen LogP contribution in [0.4, 0.5) is 0 Å². The van der Waals surface area contributed by atoms with Crippen molar-refractivity contribution in [1.82, 2.24) is 15.3 Å². The summed E-state index contributed by atoms with van der Waals surface area (Å²) in [6.45, 7) is 5.54. The van der Waals surface area contributed by atoms with Gasteiger partial charge in [0.1, 0.15) is 6.29 Å². The number of rotatable bonds is 9. The van der Waals surface area contributed by atoms with E-state index in [-0.39, 0.29) is 17.9 Å². The number of benzene rings is 1. The lowest BCUT2D eigenvalue weighted by Crippen LogP contribution is -2.30. The molecular weight excluding hydrogens is 470 g/mol. The number of hydrogen-bond acceptors (Lipinski definition) is 4. The van der Waals surface area contributed by atoms with Crippen molar-refractivity contribution in [2.75, 3.05) is 0 Å². The first-order valence-electron chi connectivity index (χ1n) is 12.2. The fraction of sp³-hybridized carbons (Fsp3) is 0.267. The van der Waals surface area contributed by atoms with Gasteiger partial charge in [-0.2, -0.15) is 0 Å². The Bertz CT molecular complexity index is 1170. The maximum absolute atomic E-state index is 12.8. The number of nitrogens with one attached hydrogen (secondary N) is 1. The Morgan fingerprint density at radius 3 is 2.64 bits per heavy atom. The van der Waals surface area contributed by atoms with Gasteiger partial charge in [0.15, 0.2) is 0 Å². The van der Waals surface area contributed by atoms with E-state index in [1.54, 1.807) is 36.7 Å². The summed E-state index contributed by atoms with van der Waals surface area (Å²) in [5.41, 5.74) is 2.97. The summed E-state index contributed by atoms with van der Waals surface area (Å²) in [5.74, 6) is 0.269. The number of allylic oxidation sites excluding steroid dienone is 4. The molecule has 3 atom stereocenters. The summed E-state index contributed by atoms with van der Waals surface area (Å²) in [4.78, 5) is 33.6. The maximum atomic E-state index is 12.8. The number of carbonyl (C=O) groups excluding carboxylic acids is 2. The van der Waals surface area contributed by atoms with Gasteiger partial charge < -0.3 is 10.1 Å². The molecule has 3 rings (SSSR count). The normalized spacial score (nSPS) is 18.1. The molecule has 0 aliphatic heterocycles. The standard InChI is InChI=1S/C30H32ClN3O2/c1-3-4-5-6-8-22(2)34-30(36)26-9-7-17-33-29(25-12-14-27(31)15-13-25)28(32-18-16-26)20-23-10-11-24(19-23)21-35/h3-9,12-18,21-24H,1,10-11,19-20H2,2H3,(H,34,36)/b5-4-,8-6+,9-7?,17-7?,18-16?,26-9?,26-16?,29-28?,32-18?,32-28?,33-17?,33-29?. The van der Waals surface area contributed by atoms with Gasteiger partial charge in [0, 0.05) is 40.5 Å². The zero-order valence-corrected chi connectivity index (χ0v) is 21.3. The van der Waals surface area contributed by atoms with Crippen molar-refractivity contribution in [3.63, 3.8) is 0 Å². The number of carbonyl (C=O) groups is 2. The molecule has 186 valence electrons. The molecule has 1 aromatic carbocycles. The maximum Gasteiger partial charge on any atom is 0.251 e. The highest BCUT2D eigenvalue weighted by molar-refractivity contribution is 6.30. The van der Waals surface area contributed by atoms with Gasteiger partial charge in [0.2, 0.25) is 0 Å². The fourth-order valence-electron chi connectivity index (χ4n) is 4.22. The van der Waals surface area contributed by atoms with E-state index < -0.39 is 0 Å². The van der Waals surface area contributed by atoms with Crippen LogP contribution < -0.4 is 5.32 Å². The second-order valence-corrected chi connectivity index (χ2v) is 9.32. The summed E-state index contributed by atoms with van der Waals surface area (Å²) in [6, 6.07) is 12.5. The summed E-state index contributed by atoms with van der Waals surface area (Å²) < 4.78 is 0. The van der Waals surface area contributed by atoms with Crippen molar-refractivity contribution in [1.29, 1.82) is 0 Å². The van der Waals surface area contributed by atoms with Gasteiger partial charge in [-0.3, -0.25) is 14.8 Å². The molecule has 1 N–H and O–H groups in total. The van der Waals surface area contributed by atoms with Crippen LogP contribution in [-0.4, -0.2) is 28.2 Å². The molecule has 0 radical (unpaired) electrons. The Morgan fingerprint density at radius 2 is 1.92 bits per heavy atom. The Kier molecular flexibility index (Phi) is 10.6. The Balaban J connectivity index is 1.92. The molecule has 1 amide bonds. The van der Waals surface area contributed by atoms with Gasteiger partial charge in [-0.1, -0.05) is 60.7 Å². The lowest BCUT2D eigenvalue weighted by molar-refractivity contribution is -0.111. The number of nitrogens with zero attached hydrogens (tertiary/aromatic N) is 2. The van der Waals surface area contributed by atoms with E-state index in [9.17, 15) is 9.59 Å². The van der Waals surface area contributed by atoms with Crippen LogP contribution in [0.3, 0.4) is 0 Å². The highest BCUT2D eigenvalue weighted by atomic mass is 35.5. The van der Waals surface area contributed by atoms with Crippen LogP contribution in [0.2, 0.25) is 5.02 Å². The molecule has 1 aliphatic carbocycles. The Hall–Kier alpha value is -3.57. The van der Waals surface area contributed by atoms with Crippen LogP contribution >= 0.6 is 11.6 Å². The molecule has 0 saturated heterocycles. The van der Waals surface area contributed by atoms with E-state index in [0.717, 1.165) is 42.5 Å². The van der Waals surface area contributed by atoms with Crippen molar-refractivity contribution >= 4 is 23.8 Å². The van der Waals surface area contributed by atoms with Crippen LogP contribution in [0.25, 0.3) is 11.3 Å². The van der Waals surface area contributed by atoms with Gasteiger partial charge in [0.25, 0.3) is 5.91 Å². The van der Waals surface area contributed by atoms with E-state index in [1.165, 1.54) is 0 Å². The topological polar surface area (TPSA) is 72.0 Å². The van der Waals surface area contributed by atoms with Gasteiger partial charge in [-0.05, 0) is 68.9 Å². The molecule has 5 nitrogen and oxygen atoms in total. The minimum atomic E-state index is -0.204. The van der Waals surface area contributed by atoms with Crippen molar-refractivity contribution in [3.05, 3.63) is 108 Å². The average Bonchev–Trinajstić information content (AvgIpc) is 3.33. The molecular formula is C30H32ClN3O2. The molecule has 0 bridgehead atoms. The van der Waals surface area contributed by atoms with Crippen LogP contribution in [0.1, 0.15) is 42.2 Å². The minimum absolute atomic E-state index is 0.114. The molecule has 1 fully saturated rings. The molecule has 1 aliphatic rings. The van der Waals surface area contributed by atoms with Crippen molar-refractivity contribution in [3.8, 4) is 11.3 Å². The average molecular weight is 502 g/mol. The third-order valence-electron chi connectivity index (χ3n) is 6.08. The number of amides is 1. The predicted molar refractivity (Wildman–Crippen MR) is 146 cm³/mol. The summed E-state index contributed by atoms with van der Waals surface area (Å²) in [7, 11) is 0. The lowest BCUT2D eigenvalue weighted by Gasteiger charge is -2.11. The third kappa shape index (κ3) is 8.28. The SMILES string of the molecule is C=C/C=C\C=C\C(C)NC(=O)c1cccnc(-c2ccc(Cl)cc2)c(CC2CCC(C=O)C2)ncc1. The highest BCUT2D eigenvalue weighted by Crippen LogP contribution is 2.33. The van der Waals surface area contributed by atoms with Crippen LogP contribution in [-0.2, 0) is 11.2 Å². The first kappa shape index (κ1) is 27.0. The fourth-order valence-corrected chi connectivity index (χ4v) is 4.35. The zero-order chi connectivity index (χ0) is 25.8. The van der Waals surface area contributed by atoms with Gasteiger partial charge in [0.05, 0.1) is 11.4 Å². The van der Waals surface area contributed by atoms with Crippen molar-refractivity contribution < 1.29 is 9.59 Å². The van der Waals surface area contributed by atoms with Crippen molar-refractivity contribution in [2.45, 2.75) is 38.6 Å². The van der Waals surface area contributed by atoms with Gasteiger partial charge in [-0.25, -0.2) is 0 Å². The third-order valence-corrected chi connectivity index (χ3v) is 6.33. The van der Waals surface area contributed by atoms with Crippen LogP contribution in [0, 0.1) is 11.8 Å². The molecule has 6 heteroatoms. The zero-order valence-electron chi connectivity index (χ0n) is 20.5. The Labute approximate surface area is 218 Å². The molecule has 0 spiro atoms. The number of hydrogen-bond donors (Lipinski definition) is 1. The van der Waals surface area contributed by atoms with Crippen LogP contribution in [0.5, 0.6) is 0 Å². The summed E-state index contributed by atoms with van der Waals surface area (Å²) in [5, 5.41) is 3.61. The smallest absolute Gasteiger partial charge is 0.251 e. The summed E-state index contributed by atoms with van der Waals surface area (Å²) >= 11 is 6.10. The molecule has 1 heterocycles. The molecule has 2 aromatic rings. The molecule has 1 aromatic heterocycles. The number of halogens is 1. The first-order chi connectivity index (χ1) is 17.5. The first-order valence-corrected chi connectivity index (χ1v) is 12.5. The van der Waals surface area contributed by atoms with E-state index in [4.69, 9.17) is 21.6 Å². The second-order valence-electron chi connectivity index (χ2n) is 8.89. The molecule has 36 heavy (non-hydrogen) atoms. The predicted octanol–water partition coefficient (Wildman–Crippen LogP) is 6.50. The van der Waals surface area contributed by atoms with E-state index in [0.29, 0.717) is 22.9 Å². The minimum Gasteiger partial charge on any atom is -0.346 e. The van der Waals surface area contributed by atoms with E-state index in [1.807, 2.05) is 55.5 Å². The summed E-state index contributed by atoms with van der Waals surface area (Å²) in [6.07, 6.45) is 17.0. The van der Waals surface area contributed by atoms with Crippen molar-refractivity contribution in [2.24, 2.45) is 11.8 Å². The number of aromatic nitrogens is 2. The van der Waals surface area contributed by atoms with Gasteiger partial charge >= 0.3 is 0 Å². The molecule has 3 unspecified atom stereocenters.